The van der Waals surface area contributed by atoms with Crippen molar-refractivity contribution in [3.05, 3.63) is 11.6 Å². The number of ether oxygens (including phenoxy) is 1. The van der Waals surface area contributed by atoms with Crippen LogP contribution < -0.4 is 40.0 Å². The molecule has 9 heteroatoms. The summed E-state index contributed by atoms with van der Waals surface area (Å²) < 4.78 is 4.97. The minimum atomic E-state index is -1.48. The fourth-order valence-corrected chi connectivity index (χ4v) is 0.936. The van der Waals surface area contributed by atoms with Crippen molar-refractivity contribution in [1.29, 1.82) is 0 Å². The van der Waals surface area contributed by atoms with Gasteiger partial charge >= 0.3 is 35.7 Å². The smallest absolute Gasteiger partial charge is 0.541 e. The van der Waals surface area contributed by atoms with Gasteiger partial charge in [0.05, 0.1) is 6.54 Å². The largest absolute Gasteiger partial charge is 1.00 e. The molecule has 0 saturated heterocycles. The van der Waals surface area contributed by atoms with Gasteiger partial charge in [0, 0.05) is 0 Å². The molecule has 0 aromatic carbocycles. The molecule has 1 heterocycles. The Morgan fingerprint density at radius 3 is 2.50 bits per heavy atom. The van der Waals surface area contributed by atoms with Crippen molar-refractivity contribution in [1.82, 2.24) is 20.5 Å². The number of aromatic carboxylic acids is 1. The van der Waals surface area contributed by atoms with Crippen LogP contribution in [0.2, 0.25) is 0 Å². The van der Waals surface area contributed by atoms with Gasteiger partial charge in [-0.2, -0.15) is 5.10 Å². The summed E-state index contributed by atoms with van der Waals surface area (Å²) >= 11 is 0. The molecule has 2 N–H and O–H groups in total. The van der Waals surface area contributed by atoms with Crippen LogP contribution in [0.4, 0.5) is 4.79 Å². The summed E-state index contributed by atoms with van der Waals surface area (Å²) in [5.74, 6) is -1.73. The summed E-state index contributed by atoms with van der Waals surface area (Å²) in [6, 6.07) is 0. The molecular formula is C9H13N4NaO4. The molecule has 1 aromatic rings. The van der Waals surface area contributed by atoms with Gasteiger partial charge in [0.25, 0.3) is 0 Å². The number of aromatic amines is 1. The molecule has 0 fully saturated rings. The number of nitrogens with zero attached hydrogens (tertiary/aromatic N) is 2. The number of carboxylic acids is 1. The van der Waals surface area contributed by atoms with E-state index in [2.05, 4.69) is 20.5 Å². The summed E-state index contributed by atoms with van der Waals surface area (Å²) in [5.41, 5.74) is -0.596. The molecule has 0 atom stereocenters. The van der Waals surface area contributed by atoms with Crippen molar-refractivity contribution in [2.24, 2.45) is 0 Å². The number of carbonyl (C=O) groups is 2. The fourth-order valence-electron chi connectivity index (χ4n) is 0.936. The first-order valence-corrected chi connectivity index (χ1v) is 4.87. The van der Waals surface area contributed by atoms with Crippen molar-refractivity contribution in [3.63, 3.8) is 0 Å². The Hall–Kier alpha value is -1.12. The maximum absolute atomic E-state index is 11.2. The second-order valence-electron chi connectivity index (χ2n) is 4.25. The SMILES string of the molecule is CC(C)(C)OC(=O)NCc1nc(C(=O)[O-])n[nH]1.[Na+]. The molecule has 0 aliphatic carbocycles. The van der Waals surface area contributed by atoms with Crippen molar-refractivity contribution in [2.45, 2.75) is 32.9 Å². The number of carboxylic acid groups (broad SMARTS) is 1. The van der Waals surface area contributed by atoms with Crippen molar-refractivity contribution in [2.75, 3.05) is 0 Å². The van der Waals surface area contributed by atoms with E-state index in [1.165, 1.54) is 0 Å². The first kappa shape index (κ1) is 16.9. The van der Waals surface area contributed by atoms with Crippen LogP contribution in [-0.2, 0) is 11.3 Å². The second kappa shape index (κ2) is 6.72. The van der Waals surface area contributed by atoms with Gasteiger partial charge in [-0.3, -0.25) is 5.10 Å². The zero-order chi connectivity index (χ0) is 13.1. The van der Waals surface area contributed by atoms with Crippen LogP contribution >= 0.6 is 0 Å². The van der Waals surface area contributed by atoms with E-state index >= 15 is 0 Å². The maximum Gasteiger partial charge on any atom is 1.00 e. The average molecular weight is 264 g/mol. The van der Waals surface area contributed by atoms with Gasteiger partial charge in [0.1, 0.15) is 17.4 Å². The van der Waals surface area contributed by atoms with Gasteiger partial charge in [-0.05, 0) is 20.8 Å². The Morgan fingerprint density at radius 2 is 2.06 bits per heavy atom. The molecule has 0 saturated carbocycles. The van der Waals surface area contributed by atoms with Crippen molar-refractivity contribution >= 4 is 12.1 Å². The number of hydrogen-bond donors (Lipinski definition) is 2. The number of amides is 1. The average Bonchev–Trinajstić information content (AvgIpc) is 2.60. The van der Waals surface area contributed by atoms with Crippen molar-refractivity contribution in [3.8, 4) is 0 Å². The molecule has 8 nitrogen and oxygen atoms in total. The van der Waals surface area contributed by atoms with E-state index in [-0.39, 0.29) is 41.9 Å². The minimum absolute atomic E-state index is 0. The number of nitrogens with one attached hydrogen (secondary N) is 2. The van der Waals surface area contributed by atoms with E-state index in [0.717, 1.165) is 0 Å². The Labute approximate surface area is 126 Å². The van der Waals surface area contributed by atoms with Crippen molar-refractivity contribution < 1.29 is 49.0 Å². The van der Waals surface area contributed by atoms with E-state index in [9.17, 15) is 14.7 Å². The van der Waals surface area contributed by atoms with Gasteiger partial charge in [-0.1, -0.05) is 0 Å². The number of carbonyl (C=O) groups excluding carboxylic acids is 2. The third-order valence-corrected chi connectivity index (χ3v) is 1.51. The molecule has 94 valence electrons. The van der Waals surface area contributed by atoms with E-state index in [4.69, 9.17) is 4.74 Å². The predicted molar refractivity (Wildman–Crippen MR) is 53.8 cm³/mol. The summed E-state index contributed by atoms with van der Waals surface area (Å²) in [6.07, 6.45) is -0.621. The number of aromatic nitrogens is 3. The molecule has 0 radical (unpaired) electrons. The predicted octanol–water partition coefficient (Wildman–Crippen LogP) is -3.80. The Bertz CT molecular complexity index is 426. The quantitative estimate of drug-likeness (QED) is 0.540. The van der Waals surface area contributed by atoms with Crippen LogP contribution in [0.5, 0.6) is 0 Å². The first-order valence-electron chi connectivity index (χ1n) is 4.87. The molecule has 18 heavy (non-hydrogen) atoms. The maximum atomic E-state index is 11.2. The standard InChI is InChI=1S/C9H14N4O4.Na/c1-9(2,3)17-8(16)10-4-5-11-6(7(14)15)13-12-5;/h4H2,1-3H3,(H,10,16)(H,14,15)(H,11,12,13);/q;+1/p-1. The molecule has 1 rings (SSSR count). The van der Waals surface area contributed by atoms with Crippen LogP contribution in [-0.4, -0.2) is 32.8 Å². The van der Waals surface area contributed by atoms with Gasteiger partial charge in [0.2, 0.25) is 0 Å². The Balaban J connectivity index is 0.00000289. The zero-order valence-electron chi connectivity index (χ0n) is 10.7. The molecule has 0 spiro atoms. The van der Waals surface area contributed by atoms with Gasteiger partial charge < -0.3 is 20.0 Å². The monoisotopic (exact) mass is 264 g/mol. The van der Waals surface area contributed by atoms with Crippen LogP contribution in [0.3, 0.4) is 0 Å². The number of hydrogen-bond acceptors (Lipinski definition) is 6. The van der Waals surface area contributed by atoms with Gasteiger partial charge in [0.15, 0.2) is 5.82 Å². The van der Waals surface area contributed by atoms with Crippen LogP contribution in [0, 0.1) is 0 Å². The van der Waals surface area contributed by atoms with Crippen LogP contribution in [0.25, 0.3) is 0 Å². The molecule has 1 aromatic heterocycles. The molecular weight excluding hydrogens is 251 g/mol. The number of H-pyrrole nitrogens is 1. The van der Waals surface area contributed by atoms with E-state index < -0.39 is 23.5 Å². The normalized spacial score (nSPS) is 10.4. The third kappa shape index (κ3) is 5.99. The van der Waals surface area contributed by atoms with Gasteiger partial charge in [-0.25, -0.2) is 9.78 Å². The summed E-state index contributed by atoms with van der Waals surface area (Å²) in [5, 5.41) is 18.5. The molecule has 0 unspecified atom stereocenters. The number of alkyl carbamates (subject to hydrolysis) is 1. The second-order valence-corrected chi connectivity index (χ2v) is 4.25. The van der Waals surface area contributed by atoms with Crippen LogP contribution in [0.15, 0.2) is 0 Å². The summed E-state index contributed by atoms with van der Waals surface area (Å²) in [6.45, 7) is 5.19. The summed E-state index contributed by atoms with van der Waals surface area (Å²) in [4.78, 5) is 25.2. The number of rotatable bonds is 3. The van der Waals surface area contributed by atoms with Gasteiger partial charge in [-0.15, -0.1) is 0 Å². The van der Waals surface area contributed by atoms with E-state index in [1.807, 2.05) is 0 Å². The van der Waals surface area contributed by atoms with E-state index in [1.54, 1.807) is 20.8 Å². The summed E-state index contributed by atoms with van der Waals surface area (Å²) in [7, 11) is 0. The first-order chi connectivity index (χ1) is 7.78. The molecule has 1 amide bonds. The Kier molecular flexibility index (Phi) is 6.30. The third-order valence-electron chi connectivity index (χ3n) is 1.51. The van der Waals surface area contributed by atoms with Crippen LogP contribution in [0.1, 0.15) is 37.2 Å². The Morgan fingerprint density at radius 1 is 1.44 bits per heavy atom. The minimum Gasteiger partial charge on any atom is -0.541 e. The van der Waals surface area contributed by atoms with E-state index in [0.29, 0.717) is 0 Å². The molecule has 0 aliphatic heterocycles. The zero-order valence-corrected chi connectivity index (χ0v) is 12.7. The molecule has 0 bridgehead atoms. The topological polar surface area (TPSA) is 120 Å². The fraction of sp³-hybridized carbons (Fsp3) is 0.556. The molecule has 0 aliphatic rings.